The van der Waals surface area contributed by atoms with E-state index in [1.54, 1.807) is 34.1 Å². The van der Waals surface area contributed by atoms with E-state index >= 15 is 0 Å². The monoisotopic (exact) mass is 373 g/mol. The fraction of sp³-hybridized carbons (Fsp3) is 0.474. The molecule has 0 unspecified atom stereocenters. The quantitative estimate of drug-likeness (QED) is 0.764. The first-order chi connectivity index (χ1) is 13.0. The Morgan fingerprint density at radius 3 is 2.30 bits per heavy atom. The normalized spacial score (nSPS) is 17.9. The van der Waals surface area contributed by atoms with Crippen LogP contribution in [0.15, 0.2) is 24.3 Å². The number of amides is 3. The van der Waals surface area contributed by atoms with E-state index in [1.807, 2.05) is 0 Å². The number of rotatable bonds is 5. The van der Waals surface area contributed by atoms with Gasteiger partial charge in [-0.15, -0.1) is 0 Å². The van der Waals surface area contributed by atoms with E-state index in [2.05, 4.69) is 0 Å². The molecule has 3 amide bonds. The van der Waals surface area contributed by atoms with Crippen molar-refractivity contribution in [2.75, 3.05) is 31.1 Å². The maximum atomic E-state index is 12.2. The van der Waals surface area contributed by atoms with Gasteiger partial charge in [0, 0.05) is 37.7 Å². The number of benzene rings is 1. The number of nitrogens with two attached hydrogens (primary N) is 1. The van der Waals surface area contributed by atoms with Gasteiger partial charge in [-0.05, 0) is 43.5 Å². The van der Waals surface area contributed by atoms with Crippen molar-refractivity contribution in [3.63, 3.8) is 0 Å². The summed E-state index contributed by atoms with van der Waals surface area (Å²) < 4.78 is 5.10. The van der Waals surface area contributed by atoms with Gasteiger partial charge in [-0.3, -0.25) is 14.4 Å². The van der Waals surface area contributed by atoms with Crippen molar-refractivity contribution in [1.82, 2.24) is 4.90 Å². The first-order valence-corrected chi connectivity index (χ1v) is 9.10. The number of anilines is 1. The third-order valence-corrected chi connectivity index (χ3v) is 5.06. The highest BCUT2D eigenvalue weighted by Gasteiger charge is 2.26. The number of primary amides is 1. The first kappa shape index (κ1) is 18.9. The number of hydrogen-bond donors (Lipinski definition) is 1. The Hall–Kier alpha value is -2.90. The van der Waals surface area contributed by atoms with Crippen LogP contribution >= 0.6 is 0 Å². The van der Waals surface area contributed by atoms with Gasteiger partial charge >= 0.3 is 5.97 Å². The van der Waals surface area contributed by atoms with Crippen molar-refractivity contribution in [3.05, 3.63) is 29.8 Å². The minimum atomic E-state index is -0.588. The number of likely N-dealkylation sites (tertiary alicyclic amines) is 1. The number of nitrogens with zero attached hydrogens (tertiary/aromatic N) is 2. The van der Waals surface area contributed by atoms with Crippen molar-refractivity contribution >= 4 is 29.4 Å². The van der Waals surface area contributed by atoms with Crippen molar-refractivity contribution in [1.29, 1.82) is 0 Å². The largest absolute Gasteiger partial charge is 0.452 e. The molecule has 3 rings (SSSR count). The van der Waals surface area contributed by atoms with Crippen LogP contribution < -0.4 is 10.6 Å². The van der Waals surface area contributed by atoms with Gasteiger partial charge in [0.15, 0.2) is 6.61 Å². The lowest BCUT2D eigenvalue weighted by Crippen LogP contribution is -2.43. The van der Waals surface area contributed by atoms with E-state index in [0.717, 1.165) is 12.1 Å². The summed E-state index contributed by atoms with van der Waals surface area (Å²) in [6.45, 7) is 1.21. The second kappa shape index (κ2) is 8.20. The van der Waals surface area contributed by atoms with Crippen LogP contribution in [0.4, 0.5) is 5.69 Å². The summed E-state index contributed by atoms with van der Waals surface area (Å²) in [6.07, 6.45) is 2.45. The molecule has 8 heteroatoms. The molecule has 1 aromatic rings. The Labute approximate surface area is 157 Å². The van der Waals surface area contributed by atoms with E-state index in [-0.39, 0.29) is 30.2 Å². The summed E-state index contributed by atoms with van der Waals surface area (Å²) in [5, 5.41) is 0. The maximum absolute atomic E-state index is 12.2. The Kier molecular flexibility index (Phi) is 5.73. The average molecular weight is 373 g/mol. The van der Waals surface area contributed by atoms with Crippen LogP contribution in [-0.4, -0.2) is 54.8 Å². The summed E-state index contributed by atoms with van der Waals surface area (Å²) in [4.78, 5) is 50.5. The van der Waals surface area contributed by atoms with Crippen molar-refractivity contribution < 1.29 is 23.9 Å². The van der Waals surface area contributed by atoms with Gasteiger partial charge in [0.1, 0.15) is 0 Å². The molecule has 2 aliphatic rings. The molecule has 27 heavy (non-hydrogen) atoms. The summed E-state index contributed by atoms with van der Waals surface area (Å²) >= 11 is 0. The highest BCUT2D eigenvalue weighted by molar-refractivity contribution is 5.96. The van der Waals surface area contributed by atoms with E-state index in [4.69, 9.17) is 10.5 Å². The Morgan fingerprint density at radius 1 is 1.07 bits per heavy atom. The fourth-order valence-corrected chi connectivity index (χ4v) is 3.41. The lowest BCUT2D eigenvalue weighted by Gasteiger charge is -2.30. The topological polar surface area (TPSA) is 110 Å². The SMILES string of the molecule is NC(=O)C1CCN(C(=O)COC(=O)c2ccc(N3CCCC3=O)cc2)CC1. The standard InChI is InChI=1S/C19H23N3O5/c20-18(25)13-7-10-21(11-8-13)17(24)12-27-19(26)14-3-5-15(6-4-14)22-9-1-2-16(22)23/h3-6,13H,1-2,7-12H2,(H2,20,25). The second-order valence-corrected chi connectivity index (χ2v) is 6.83. The highest BCUT2D eigenvalue weighted by atomic mass is 16.5. The molecule has 8 nitrogen and oxygen atoms in total. The average Bonchev–Trinajstić information content (AvgIpc) is 3.12. The predicted octanol–water partition coefficient (Wildman–Crippen LogP) is 0.694. The third kappa shape index (κ3) is 4.45. The maximum Gasteiger partial charge on any atom is 0.338 e. The number of piperidine rings is 1. The lowest BCUT2D eigenvalue weighted by atomic mass is 9.96. The third-order valence-electron chi connectivity index (χ3n) is 5.06. The number of hydrogen-bond acceptors (Lipinski definition) is 5. The van der Waals surface area contributed by atoms with Gasteiger partial charge < -0.3 is 20.3 Å². The van der Waals surface area contributed by atoms with Crippen LogP contribution in [0.25, 0.3) is 0 Å². The van der Waals surface area contributed by atoms with Crippen LogP contribution in [0, 0.1) is 5.92 Å². The molecular formula is C19H23N3O5. The molecular weight excluding hydrogens is 350 g/mol. The molecule has 2 saturated heterocycles. The molecule has 0 radical (unpaired) electrons. The number of ether oxygens (including phenoxy) is 1. The minimum Gasteiger partial charge on any atom is -0.452 e. The minimum absolute atomic E-state index is 0.0797. The van der Waals surface area contributed by atoms with Gasteiger partial charge in [0.05, 0.1) is 5.56 Å². The van der Waals surface area contributed by atoms with Crippen molar-refractivity contribution in [2.24, 2.45) is 11.7 Å². The zero-order chi connectivity index (χ0) is 19.4. The smallest absolute Gasteiger partial charge is 0.338 e. The summed E-state index contributed by atoms with van der Waals surface area (Å²) in [6, 6.07) is 6.59. The molecule has 2 N–H and O–H groups in total. The van der Waals surface area contributed by atoms with Gasteiger partial charge in [0.2, 0.25) is 11.8 Å². The molecule has 0 bridgehead atoms. The van der Waals surface area contributed by atoms with Crippen LogP contribution in [0.3, 0.4) is 0 Å². The van der Waals surface area contributed by atoms with Crippen molar-refractivity contribution in [2.45, 2.75) is 25.7 Å². The number of carbonyl (C=O) groups excluding carboxylic acids is 4. The van der Waals surface area contributed by atoms with Crippen LogP contribution in [0.2, 0.25) is 0 Å². The summed E-state index contributed by atoms with van der Waals surface area (Å²) in [7, 11) is 0. The van der Waals surface area contributed by atoms with Crippen LogP contribution in [0.5, 0.6) is 0 Å². The Bertz CT molecular complexity index is 738. The van der Waals surface area contributed by atoms with Gasteiger partial charge in [-0.25, -0.2) is 4.79 Å². The Balaban J connectivity index is 1.48. The fourth-order valence-electron chi connectivity index (χ4n) is 3.41. The zero-order valence-electron chi connectivity index (χ0n) is 15.1. The van der Waals surface area contributed by atoms with E-state index < -0.39 is 5.97 Å². The molecule has 2 heterocycles. The number of esters is 1. The van der Waals surface area contributed by atoms with Gasteiger partial charge in [-0.2, -0.15) is 0 Å². The highest BCUT2D eigenvalue weighted by Crippen LogP contribution is 2.22. The molecule has 0 spiro atoms. The number of carbonyl (C=O) groups is 4. The second-order valence-electron chi connectivity index (χ2n) is 6.83. The van der Waals surface area contributed by atoms with Gasteiger partial charge in [-0.1, -0.05) is 0 Å². The Morgan fingerprint density at radius 2 is 1.74 bits per heavy atom. The molecule has 2 fully saturated rings. The van der Waals surface area contributed by atoms with Gasteiger partial charge in [0.25, 0.3) is 5.91 Å². The van der Waals surface area contributed by atoms with Crippen LogP contribution in [-0.2, 0) is 19.1 Å². The molecule has 1 aromatic carbocycles. The molecule has 0 aliphatic carbocycles. The summed E-state index contributed by atoms with van der Waals surface area (Å²) in [5.41, 5.74) is 6.35. The van der Waals surface area contributed by atoms with Crippen molar-refractivity contribution in [3.8, 4) is 0 Å². The summed E-state index contributed by atoms with van der Waals surface area (Å²) in [5.74, 6) is -1.33. The molecule has 2 aliphatic heterocycles. The lowest BCUT2D eigenvalue weighted by molar-refractivity contribution is -0.137. The molecule has 144 valence electrons. The van der Waals surface area contributed by atoms with E-state index in [9.17, 15) is 19.2 Å². The molecule has 0 aromatic heterocycles. The predicted molar refractivity (Wildman–Crippen MR) is 96.8 cm³/mol. The van der Waals surface area contributed by atoms with Crippen LogP contribution in [0.1, 0.15) is 36.0 Å². The molecule has 0 saturated carbocycles. The molecule has 0 atom stereocenters. The zero-order valence-corrected chi connectivity index (χ0v) is 15.1. The first-order valence-electron chi connectivity index (χ1n) is 9.10. The van der Waals surface area contributed by atoms with E-state index in [1.165, 1.54) is 0 Å². The van der Waals surface area contributed by atoms with E-state index in [0.29, 0.717) is 44.5 Å².